The highest BCUT2D eigenvalue weighted by Gasteiger charge is 2.09. The number of hydrogen-bond acceptors (Lipinski definition) is 3. The van der Waals surface area contributed by atoms with Crippen LogP contribution in [0.2, 0.25) is 0 Å². The Morgan fingerprint density at radius 2 is 1.78 bits per heavy atom. The van der Waals surface area contributed by atoms with Crippen LogP contribution in [0.4, 0.5) is 10.5 Å². The van der Waals surface area contributed by atoms with Gasteiger partial charge in [0.15, 0.2) is 0 Å². The first-order valence-corrected chi connectivity index (χ1v) is 7.13. The normalized spacial score (nSPS) is 9.83. The summed E-state index contributed by atoms with van der Waals surface area (Å²) < 4.78 is 5.18. The summed E-state index contributed by atoms with van der Waals surface area (Å²) in [6.45, 7) is 1.91. The van der Waals surface area contributed by atoms with E-state index in [-0.39, 0.29) is 12.3 Å². The highest BCUT2D eigenvalue weighted by Crippen LogP contribution is 2.24. The topological polar surface area (TPSA) is 79.5 Å². The minimum atomic E-state index is -0.546. The van der Waals surface area contributed by atoms with Gasteiger partial charge in [0.25, 0.3) is 0 Å². The maximum atomic E-state index is 11.9. The second kappa shape index (κ2) is 7.84. The molecule has 0 saturated heterocycles. The van der Waals surface area contributed by atoms with Crippen LogP contribution in [0.3, 0.4) is 0 Å². The van der Waals surface area contributed by atoms with Gasteiger partial charge in [-0.3, -0.25) is 10.2 Å². The monoisotopic (exact) mass is 313 g/mol. The molecule has 0 aromatic heterocycles. The number of aryl methyl sites for hydroxylation is 1. The molecule has 0 heterocycles. The molecule has 3 amide bonds. The van der Waals surface area contributed by atoms with Crippen molar-refractivity contribution in [1.82, 2.24) is 10.9 Å². The molecule has 6 heteroatoms. The Labute approximate surface area is 134 Å². The van der Waals surface area contributed by atoms with Gasteiger partial charge in [-0.1, -0.05) is 36.4 Å². The number of anilines is 1. The van der Waals surface area contributed by atoms with Gasteiger partial charge >= 0.3 is 6.03 Å². The first-order valence-electron chi connectivity index (χ1n) is 7.13. The van der Waals surface area contributed by atoms with Crippen LogP contribution in [-0.4, -0.2) is 19.0 Å². The van der Waals surface area contributed by atoms with Crippen molar-refractivity contribution in [3.63, 3.8) is 0 Å². The summed E-state index contributed by atoms with van der Waals surface area (Å²) in [4.78, 5) is 23.6. The number of urea groups is 1. The molecule has 3 N–H and O–H groups in total. The summed E-state index contributed by atoms with van der Waals surface area (Å²) in [5, 5.41) is 2.63. The van der Waals surface area contributed by atoms with Gasteiger partial charge in [0.1, 0.15) is 5.75 Å². The molecule has 2 rings (SSSR count). The van der Waals surface area contributed by atoms with Crippen LogP contribution in [0, 0.1) is 6.92 Å². The maximum Gasteiger partial charge on any atom is 0.338 e. The summed E-state index contributed by atoms with van der Waals surface area (Å²) in [6, 6.07) is 14.2. The minimum Gasteiger partial charge on any atom is -0.495 e. The molecule has 2 aromatic carbocycles. The Kier molecular flexibility index (Phi) is 5.57. The molecular formula is C17H19N3O3. The van der Waals surface area contributed by atoms with E-state index < -0.39 is 6.03 Å². The summed E-state index contributed by atoms with van der Waals surface area (Å²) in [6.07, 6.45) is 0.189. The van der Waals surface area contributed by atoms with Gasteiger partial charge in [0.05, 0.1) is 19.2 Å². The second-order valence-electron chi connectivity index (χ2n) is 4.99. The number of methoxy groups -OCH3 is 1. The predicted octanol–water partition coefficient (Wildman–Crippen LogP) is 2.40. The van der Waals surface area contributed by atoms with Crippen molar-refractivity contribution < 1.29 is 14.3 Å². The summed E-state index contributed by atoms with van der Waals surface area (Å²) in [5.41, 5.74) is 7.06. The van der Waals surface area contributed by atoms with Gasteiger partial charge in [0.2, 0.25) is 5.91 Å². The van der Waals surface area contributed by atoms with E-state index in [2.05, 4.69) is 16.2 Å². The summed E-state index contributed by atoms with van der Waals surface area (Å²) >= 11 is 0. The van der Waals surface area contributed by atoms with Crippen LogP contribution < -0.4 is 20.9 Å². The number of amides is 3. The second-order valence-corrected chi connectivity index (χ2v) is 4.99. The third-order valence-corrected chi connectivity index (χ3v) is 3.13. The van der Waals surface area contributed by atoms with Crippen molar-refractivity contribution in [2.75, 3.05) is 12.4 Å². The fourth-order valence-electron chi connectivity index (χ4n) is 2.02. The highest BCUT2D eigenvalue weighted by atomic mass is 16.5. The summed E-state index contributed by atoms with van der Waals surface area (Å²) in [5.74, 6) is 0.240. The number of hydrogen-bond donors (Lipinski definition) is 3. The van der Waals surface area contributed by atoms with E-state index in [9.17, 15) is 9.59 Å². The molecule has 0 aliphatic rings. The van der Waals surface area contributed by atoms with Crippen LogP contribution in [-0.2, 0) is 11.2 Å². The molecule has 0 radical (unpaired) electrons. The van der Waals surface area contributed by atoms with Crippen LogP contribution >= 0.6 is 0 Å². The van der Waals surface area contributed by atoms with Crippen molar-refractivity contribution in [2.24, 2.45) is 0 Å². The lowest BCUT2D eigenvalue weighted by Gasteiger charge is -2.12. The fraction of sp³-hybridized carbons (Fsp3) is 0.176. The first-order chi connectivity index (χ1) is 11.1. The first kappa shape index (κ1) is 16.4. The molecule has 120 valence electrons. The predicted molar refractivity (Wildman–Crippen MR) is 88.2 cm³/mol. The molecule has 0 aliphatic heterocycles. The highest BCUT2D eigenvalue weighted by molar-refractivity contribution is 5.92. The molecule has 0 atom stereocenters. The average molecular weight is 313 g/mol. The third kappa shape index (κ3) is 5.03. The molecule has 2 aromatic rings. The van der Waals surface area contributed by atoms with E-state index in [0.717, 1.165) is 11.1 Å². The summed E-state index contributed by atoms with van der Waals surface area (Å²) in [7, 11) is 1.52. The molecule has 0 saturated carbocycles. The van der Waals surface area contributed by atoms with Crippen LogP contribution in [0.25, 0.3) is 0 Å². The Hall–Kier alpha value is -3.02. The van der Waals surface area contributed by atoms with Gasteiger partial charge in [-0.05, 0) is 30.2 Å². The number of benzene rings is 2. The number of nitrogens with one attached hydrogen (secondary N) is 3. The van der Waals surface area contributed by atoms with Crippen molar-refractivity contribution in [3.8, 4) is 5.75 Å². The van der Waals surface area contributed by atoms with E-state index in [0.29, 0.717) is 11.4 Å². The number of hydrazine groups is 1. The van der Waals surface area contributed by atoms with Crippen LogP contribution in [0.5, 0.6) is 5.75 Å². The molecule has 0 unspecified atom stereocenters. The maximum absolute atomic E-state index is 11.9. The molecule has 0 bridgehead atoms. The third-order valence-electron chi connectivity index (χ3n) is 3.13. The molecule has 0 spiro atoms. The lowest BCUT2D eigenvalue weighted by molar-refractivity contribution is -0.121. The Morgan fingerprint density at radius 1 is 1.04 bits per heavy atom. The number of carbonyl (C=O) groups is 2. The van der Waals surface area contributed by atoms with E-state index in [1.807, 2.05) is 43.3 Å². The van der Waals surface area contributed by atoms with Gasteiger partial charge < -0.3 is 10.1 Å². The lowest BCUT2D eigenvalue weighted by atomic mass is 10.1. The van der Waals surface area contributed by atoms with Crippen LogP contribution in [0.1, 0.15) is 11.1 Å². The van der Waals surface area contributed by atoms with Crippen molar-refractivity contribution in [1.29, 1.82) is 0 Å². The van der Waals surface area contributed by atoms with Crippen LogP contribution in [0.15, 0.2) is 48.5 Å². The zero-order chi connectivity index (χ0) is 16.7. The van der Waals surface area contributed by atoms with Gasteiger partial charge in [0, 0.05) is 0 Å². The molecule has 23 heavy (non-hydrogen) atoms. The zero-order valence-electron chi connectivity index (χ0n) is 13.1. The average Bonchev–Trinajstić information content (AvgIpc) is 2.54. The van der Waals surface area contributed by atoms with E-state index >= 15 is 0 Å². The van der Waals surface area contributed by atoms with Gasteiger partial charge in [-0.2, -0.15) is 0 Å². The minimum absolute atomic E-state index is 0.189. The number of carbonyl (C=O) groups excluding carboxylic acids is 2. The van der Waals surface area contributed by atoms with Crippen molar-refractivity contribution in [2.45, 2.75) is 13.3 Å². The lowest BCUT2D eigenvalue weighted by Crippen LogP contribution is -2.44. The van der Waals surface area contributed by atoms with Crippen molar-refractivity contribution in [3.05, 3.63) is 59.7 Å². The Balaban J connectivity index is 1.85. The van der Waals surface area contributed by atoms with E-state index in [1.165, 1.54) is 7.11 Å². The number of ether oxygens (including phenoxy) is 1. The largest absolute Gasteiger partial charge is 0.495 e. The standard InChI is InChI=1S/C17H19N3O3/c1-12-8-9-15(23-2)14(10-12)18-17(22)20-19-16(21)11-13-6-4-3-5-7-13/h3-10H,11H2,1-2H3,(H,19,21)(H2,18,20,22). The Morgan fingerprint density at radius 3 is 2.48 bits per heavy atom. The quantitative estimate of drug-likeness (QED) is 0.758. The smallest absolute Gasteiger partial charge is 0.338 e. The SMILES string of the molecule is COc1ccc(C)cc1NC(=O)NNC(=O)Cc1ccccc1. The zero-order valence-corrected chi connectivity index (χ0v) is 13.1. The van der Waals surface area contributed by atoms with Crippen molar-refractivity contribution >= 4 is 17.6 Å². The Bertz CT molecular complexity index is 687. The van der Waals surface area contributed by atoms with E-state index in [4.69, 9.17) is 4.74 Å². The molecule has 0 fully saturated rings. The fourth-order valence-corrected chi connectivity index (χ4v) is 2.02. The van der Waals surface area contributed by atoms with Gasteiger partial charge in [-0.25, -0.2) is 10.2 Å². The molecular weight excluding hydrogens is 294 g/mol. The molecule has 0 aliphatic carbocycles. The number of rotatable bonds is 4. The molecule has 6 nitrogen and oxygen atoms in total. The van der Waals surface area contributed by atoms with E-state index in [1.54, 1.807) is 12.1 Å². The van der Waals surface area contributed by atoms with Gasteiger partial charge in [-0.15, -0.1) is 0 Å².